The quantitative estimate of drug-likeness (QED) is 0.632. The predicted octanol–water partition coefficient (Wildman–Crippen LogP) is 3.43. The summed E-state index contributed by atoms with van der Waals surface area (Å²) in [6, 6.07) is 7.26. The minimum Gasteiger partial charge on any atom is -0.497 e. The van der Waals surface area contributed by atoms with Crippen LogP contribution in [0.2, 0.25) is 5.28 Å². The van der Waals surface area contributed by atoms with Gasteiger partial charge in [0.2, 0.25) is 5.28 Å². The van der Waals surface area contributed by atoms with E-state index in [1.165, 1.54) is 11.8 Å². The first kappa shape index (κ1) is 12.1. The average Bonchev–Trinajstić information content (AvgIpc) is 2.34. The molecule has 0 aliphatic rings. The third-order valence-electron chi connectivity index (χ3n) is 1.94. The maximum absolute atomic E-state index is 13.4. The maximum atomic E-state index is 13.4. The van der Waals surface area contributed by atoms with Crippen molar-refractivity contribution in [2.75, 3.05) is 7.11 Å². The van der Waals surface area contributed by atoms with E-state index in [2.05, 4.69) is 9.97 Å². The Hall–Kier alpha value is -1.33. The molecule has 0 aliphatic heterocycles. The molecule has 0 unspecified atom stereocenters. The lowest BCUT2D eigenvalue weighted by Crippen LogP contribution is -1.90. The molecule has 1 heterocycles. The first-order valence-electron chi connectivity index (χ1n) is 4.69. The Morgan fingerprint density at radius 3 is 3.00 bits per heavy atom. The predicted molar refractivity (Wildman–Crippen MR) is 64.1 cm³/mol. The van der Waals surface area contributed by atoms with E-state index in [1.54, 1.807) is 13.2 Å². The highest BCUT2D eigenvalue weighted by Crippen LogP contribution is 2.30. The van der Waals surface area contributed by atoms with Crippen molar-refractivity contribution >= 4 is 23.4 Å². The molecule has 0 fully saturated rings. The molecule has 3 nitrogen and oxygen atoms in total. The van der Waals surface area contributed by atoms with Crippen molar-refractivity contribution in [1.29, 1.82) is 0 Å². The fraction of sp³-hybridized carbons (Fsp3) is 0.0909. The Morgan fingerprint density at radius 2 is 2.24 bits per heavy atom. The number of benzene rings is 1. The maximum Gasteiger partial charge on any atom is 0.223 e. The van der Waals surface area contributed by atoms with Gasteiger partial charge in [-0.25, -0.2) is 14.4 Å². The van der Waals surface area contributed by atoms with Gasteiger partial charge in [-0.05, 0) is 29.8 Å². The van der Waals surface area contributed by atoms with Crippen LogP contribution in [0.3, 0.4) is 0 Å². The van der Waals surface area contributed by atoms with Crippen LogP contribution in [0.25, 0.3) is 0 Å². The molecular weight excluding hydrogens is 263 g/mol. The molecule has 0 saturated carbocycles. The normalized spacial score (nSPS) is 10.3. The number of halogens is 2. The molecule has 88 valence electrons. The minimum atomic E-state index is -0.498. The smallest absolute Gasteiger partial charge is 0.223 e. The summed E-state index contributed by atoms with van der Waals surface area (Å²) in [5.74, 6) is 0.206. The third-order valence-corrected chi connectivity index (χ3v) is 3.09. The van der Waals surface area contributed by atoms with E-state index in [-0.39, 0.29) is 10.3 Å². The second-order valence-electron chi connectivity index (χ2n) is 3.07. The summed E-state index contributed by atoms with van der Waals surface area (Å²) in [5, 5.41) is 0.218. The zero-order chi connectivity index (χ0) is 12.3. The second kappa shape index (κ2) is 5.33. The van der Waals surface area contributed by atoms with Crippen LogP contribution in [-0.2, 0) is 0 Å². The molecule has 2 rings (SSSR count). The number of methoxy groups -OCH3 is 1. The number of hydrogen-bond donors (Lipinski definition) is 0. The van der Waals surface area contributed by atoms with Gasteiger partial charge in [0.25, 0.3) is 0 Å². The van der Waals surface area contributed by atoms with E-state index in [0.29, 0.717) is 5.75 Å². The first-order valence-corrected chi connectivity index (χ1v) is 5.88. The van der Waals surface area contributed by atoms with Crippen LogP contribution in [0.15, 0.2) is 40.4 Å². The van der Waals surface area contributed by atoms with E-state index in [4.69, 9.17) is 16.3 Å². The Balaban J connectivity index is 2.27. The van der Waals surface area contributed by atoms with Crippen LogP contribution in [0.4, 0.5) is 4.39 Å². The summed E-state index contributed by atoms with van der Waals surface area (Å²) in [6.45, 7) is 0. The minimum absolute atomic E-state index is 0.0248. The van der Waals surface area contributed by atoms with Crippen molar-refractivity contribution in [2.45, 2.75) is 9.92 Å². The molecule has 0 atom stereocenters. The number of hydrogen-bond acceptors (Lipinski definition) is 4. The largest absolute Gasteiger partial charge is 0.497 e. The van der Waals surface area contributed by atoms with Crippen molar-refractivity contribution in [2.24, 2.45) is 0 Å². The molecule has 0 amide bonds. The first-order chi connectivity index (χ1) is 8.19. The lowest BCUT2D eigenvalue weighted by molar-refractivity contribution is 0.413. The summed E-state index contributed by atoms with van der Waals surface area (Å²) in [6.07, 6.45) is 1.05. The van der Waals surface area contributed by atoms with Crippen molar-refractivity contribution in [3.8, 4) is 5.75 Å². The number of aromatic nitrogens is 2. The van der Waals surface area contributed by atoms with E-state index < -0.39 is 5.82 Å². The van der Waals surface area contributed by atoms with E-state index >= 15 is 0 Å². The molecule has 1 aromatic heterocycles. The van der Waals surface area contributed by atoms with Crippen molar-refractivity contribution < 1.29 is 9.13 Å². The van der Waals surface area contributed by atoms with Crippen molar-refractivity contribution in [1.82, 2.24) is 9.97 Å². The van der Waals surface area contributed by atoms with E-state index in [9.17, 15) is 4.39 Å². The monoisotopic (exact) mass is 270 g/mol. The molecule has 0 bridgehead atoms. The highest BCUT2D eigenvalue weighted by atomic mass is 35.5. The van der Waals surface area contributed by atoms with Gasteiger partial charge in [-0.1, -0.05) is 17.8 Å². The molecule has 0 saturated heterocycles. The van der Waals surface area contributed by atoms with Gasteiger partial charge in [0.15, 0.2) is 5.82 Å². The number of ether oxygens (including phenoxy) is 1. The Labute approximate surface area is 107 Å². The lowest BCUT2D eigenvalue weighted by atomic mass is 10.3. The molecule has 1 aromatic carbocycles. The number of rotatable bonds is 3. The molecule has 0 aliphatic carbocycles. The van der Waals surface area contributed by atoms with Crippen LogP contribution < -0.4 is 4.74 Å². The van der Waals surface area contributed by atoms with Crippen LogP contribution in [0.5, 0.6) is 5.75 Å². The van der Waals surface area contributed by atoms with Gasteiger partial charge >= 0.3 is 0 Å². The Kier molecular flexibility index (Phi) is 3.81. The summed E-state index contributed by atoms with van der Waals surface area (Å²) < 4.78 is 18.5. The molecule has 2 aromatic rings. The van der Waals surface area contributed by atoms with Gasteiger partial charge in [-0.15, -0.1) is 0 Å². The zero-order valence-corrected chi connectivity index (χ0v) is 10.4. The van der Waals surface area contributed by atoms with E-state index in [0.717, 1.165) is 11.1 Å². The summed E-state index contributed by atoms with van der Waals surface area (Å²) >= 11 is 6.78. The van der Waals surface area contributed by atoms with Crippen LogP contribution >= 0.6 is 23.4 Å². The third kappa shape index (κ3) is 3.08. The van der Waals surface area contributed by atoms with Crippen molar-refractivity contribution in [3.63, 3.8) is 0 Å². The van der Waals surface area contributed by atoms with Crippen LogP contribution in [0.1, 0.15) is 0 Å². The highest BCUT2D eigenvalue weighted by Gasteiger charge is 2.08. The molecule has 17 heavy (non-hydrogen) atoms. The van der Waals surface area contributed by atoms with Gasteiger partial charge < -0.3 is 4.74 Å². The molecule has 0 N–H and O–H groups in total. The Bertz CT molecular complexity index is 539. The summed E-state index contributed by atoms with van der Waals surface area (Å²) in [4.78, 5) is 8.20. The fourth-order valence-corrected chi connectivity index (χ4v) is 2.19. The van der Waals surface area contributed by atoms with Crippen LogP contribution in [-0.4, -0.2) is 17.1 Å². The average molecular weight is 271 g/mol. The fourth-order valence-electron chi connectivity index (χ4n) is 1.18. The SMILES string of the molecule is COc1cccc(Sc2nc(Cl)ncc2F)c1. The van der Waals surface area contributed by atoms with Gasteiger partial charge in [0.1, 0.15) is 10.8 Å². The second-order valence-corrected chi connectivity index (χ2v) is 4.47. The molecule has 6 heteroatoms. The van der Waals surface area contributed by atoms with Gasteiger partial charge in [0, 0.05) is 4.90 Å². The summed E-state index contributed by atoms with van der Waals surface area (Å²) in [7, 11) is 1.58. The van der Waals surface area contributed by atoms with Gasteiger partial charge in [0.05, 0.1) is 13.3 Å². The topological polar surface area (TPSA) is 35.0 Å². The molecule has 0 radical (unpaired) electrons. The van der Waals surface area contributed by atoms with Crippen LogP contribution in [0, 0.1) is 5.82 Å². The number of nitrogens with zero attached hydrogens (tertiary/aromatic N) is 2. The molecule has 0 spiro atoms. The summed E-state index contributed by atoms with van der Waals surface area (Å²) in [5.41, 5.74) is 0. The standard InChI is InChI=1S/C11H8ClFN2OS/c1-16-7-3-2-4-8(5-7)17-10-9(13)6-14-11(12)15-10/h2-6H,1H3. The van der Waals surface area contributed by atoms with E-state index in [1.807, 2.05) is 18.2 Å². The molecular formula is C11H8ClFN2OS. The lowest BCUT2D eigenvalue weighted by Gasteiger charge is -2.04. The van der Waals surface area contributed by atoms with Gasteiger partial charge in [-0.3, -0.25) is 0 Å². The van der Waals surface area contributed by atoms with Crippen molar-refractivity contribution in [3.05, 3.63) is 41.6 Å². The zero-order valence-electron chi connectivity index (χ0n) is 8.85. The highest BCUT2D eigenvalue weighted by molar-refractivity contribution is 7.99. The van der Waals surface area contributed by atoms with Gasteiger partial charge in [-0.2, -0.15) is 0 Å². The Morgan fingerprint density at radius 1 is 1.41 bits per heavy atom.